The van der Waals surface area contributed by atoms with E-state index >= 15 is 0 Å². The Labute approximate surface area is 90.0 Å². The lowest BCUT2D eigenvalue weighted by Gasteiger charge is -2.20. The zero-order chi connectivity index (χ0) is 10.8. The molecule has 0 radical (unpaired) electrons. The maximum atomic E-state index is 11.9. The molecule has 1 aromatic carbocycles. The van der Waals surface area contributed by atoms with Crippen molar-refractivity contribution in [3.05, 3.63) is 41.5 Å². The molecule has 1 aromatic rings. The number of carbonyl (C=O) groups excluding carboxylic acids is 1. The molecule has 0 spiro atoms. The van der Waals surface area contributed by atoms with Crippen molar-refractivity contribution >= 4 is 11.5 Å². The summed E-state index contributed by atoms with van der Waals surface area (Å²) in [5.41, 5.74) is 3.67. The predicted octanol–water partition coefficient (Wildman–Crippen LogP) is 2.80. The van der Waals surface area contributed by atoms with Gasteiger partial charge in [0.1, 0.15) is 0 Å². The maximum Gasteiger partial charge on any atom is 0.188 e. The molecule has 0 aromatic heterocycles. The third-order valence-corrected chi connectivity index (χ3v) is 2.73. The SMILES string of the molecule is C=C(C)C(=O)c1cccc2c1CCCN2. The van der Waals surface area contributed by atoms with Gasteiger partial charge in [-0.3, -0.25) is 4.79 Å². The van der Waals surface area contributed by atoms with Crippen molar-refractivity contribution in [2.45, 2.75) is 19.8 Å². The molecule has 0 unspecified atom stereocenters. The summed E-state index contributed by atoms with van der Waals surface area (Å²) < 4.78 is 0. The first-order valence-corrected chi connectivity index (χ1v) is 5.26. The lowest BCUT2D eigenvalue weighted by Crippen LogP contribution is -2.15. The number of rotatable bonds is 2. The van der Waals surface area contributed by atoms with E-state index in [0.29, 0.717) is 5.57 Å². The van der Waals surface area contributed by atoms with E-state index < -0.39 is 0 Å². The van der Waals surface area contributed by atoms with Crippen LogP contribution in [0.5, 0.6) is 0 Å². The van der Waals surface area contributed by atoms with Gasteiger partial charge < -0.3 is 5.32 Å². The van der Waals surface area contributed by atoms with Gasteiger partial charge in [0.2, 0.25) is 0 Å². The molecule has 78 valence electrons. The summed E-state index contributed by atoms with van der Waals surface area (Å²) in [5.74, 6) is 0.0653. The average Bonchev–Trinajstić information content (AvgIpc) is 2.27. The standard InChI is InChI=1S/C13H15NO/c1-9(2)13(15)11-5-3-7-12-10(11)6-4-8-14-12/h3,5,7,14H,1,4,6,8H2,2H3. The minimum Gasteiger partial charge on any atom is -0.385 e. The monoisotopic (exact) mass is 201 g/mol. The number of carbonyl (C=O) groups is 1. The van der Waals surface area contributed by atoms with Crippen LogP contribution in [-0.2, 0) is 6.42 Å². The van der Waals surface area contributed by atoms with Gasteiger partial charge >= 0.3 is 0 Å². The molecule has 0 aliphatic carbocycles. The molecular formula is C13H15NO. The number of fused-ring (bicyclic) bond motifs is 1. The van der Waals surface area contributed by atoms with Crippen LogP contribution in [0.25, 0.3) is 0 Å². The van der Waals surface area contributed by atoms with Crippen molar-refractivity contribution in [2.75, 3.05) is 11.9 Å². The molecule has 1 N–H and O–H groups in total. The summed E-state index contributed by atoms with van der Waals surface area (Å²) in [6.07, 6.45) is 2.07. The number of hydrogen-bond donors (Lipinski definition) is 1. The number of Topliss-reactive ketones (excluding diaryl/α,β-unsaturated/α-hetero) is 1. The van der Waals surface area contributed by atoms with Crippen LogP contribution in [0, 0.1) is 0 Å². The van der Waals surface area contributed by atoms with Crippen LogP contribution in [0.4, 0.5) is 5.69 Å². The van der Waals surface area contributed by atoms with E-state index in [-0.39, 0.29) is 5.78 Å². The Bertz CT molecular complexity index is 421. The number of hydrogen-bond acceptors (Lipinski definition) is 2. The van der Waals surface area contributed by atoms with Crippen LogP contribution in [0.15, 0.2) is 30.4 Å². The second-order valence-electron chi connectivity index (χ2n) is 3.97. The topological polar surface area (TPSA) is 29.1 Å². The third kappa shape index (κ3) is 1.80. The average molecular weight is 201 g/mol. The Morgan fingerprint density at radius 3 is 3.00 bits per heavy atom. The van der Waals surface area contributed by atoms with Crippen molar-refractivity contribution in [1.29, 1.82) is 0 Å². The highest BCUT2D eigenvalue weighted by atomic mass is 16.1. The van der Waals surface area contributed by atoms with Crippen molar-refractivity contribution in [3.8, 4) is 0 Å². The summed E-state index contributed by atoms with van der Waals surface area (Å²) in [7, 11) is 0. The second-order valence-corrected chi connectivity index (χ2v) is 3.97. The zero-order valence-corrected chi connectivity index (χ0v) is 8.97. The van der Waals surface area contributed by atoms with Crippen molar-refractivity contribution in [3.63, 3.8) is 0 Å². The number of allylic oxidation sites excluding steroid dienone is 1. The Hall–Kier alpha value is -1.57. The van der Waals surface area contributed by atoms with Crippen molar-refractivity contribution in [2.24, 2.45) is 0 Å². The third-order valence-electron chi connectivity index (χ3n) is 2.73. The van der Waals surface area contributed by atoms with Crippen LogP contribution in [-0.4, -0.2) is 12.3 Å². The summed E-state index contributed by atoms with van der Waals surface area (Å²) in [4.78, 5) is 11.9. The van der Waals surface area contributed by atoms with Gasteiger partial charge in [-0.1, -0.05) is 18.7 Å². The Morgan fingerprint density at radius 2 is 2.27 bits per heavy atom. The normalized spacial score (nSPS) is 13.9. The van der Waals surface area contributed by atoms with Gasteiger partial charge in [0.25, 0.3) is 0 Å². The van der Waals surface area contributed by atoms with Crippen molar-refractivity contribution in [1.82, 2.24) is 0 Å². The Balaban J connectivity index is 2.48. The van der Waals surface area contributed by atoms with Gasteiger partial charge in [0, 0.05) is 17.8 Å². The number of nitrogens with one attached hydrogen (secondary N) is 1. The Morgan fingerprint density at radius 1 is 1.47 bits per heavy atom. The van der Waals surface area contributed by atoms with Crippen molar-refractivity contribution < 1.29 is 4.79 Å². The van der Waals surface area contributed by atoms with Crippen LogP contribution in [0.3, 0.4) is 0 Å². The molecule has 0 amide bonds. The molecule has 1 aliphatic heterocycles. The molecule has 0 saturated carbocycles. The van der Waals surface area contributed by atoms with Crippen LogP contribution >= 0.6 is 0 Å². The number of ketones is 1. The highest BCUT2D eigenvalue weighted by molar-refractivity contribution is 6.09. The highest BCUT2D eigenvalue weighted by Crippen LogP contribution is 2.26. The van der Waals surface area contributed by atoms with E-state index in [9.17, 15) is 4.79 Å². The van der Waals surface area contributed by atoms with Gasteiger partial charge in [0.15, 0.2) is 5.78 Å². The fraction of sp³-hybridized carbons (Fsp3) is 0.308. The van der Waals surface area contributed by atoms with Gasteiger partial charge in [-0.2, -0.15) is 0 Å². The van der Waals surface area contributed by atoms with E-state index in [4.69, 9.17) is 0 Å². The second kappa shape index (κ2) is 3.89. The largest absolute Gasteiger partial charge is 0.385 e. The molecule has 2 heteroatoms. The fourth-order valence-corrected chi connectivity index (χ4v) is 1.95. The highest BCUT2D eigenvalue weighted by Gasteiger charge is 2.17. The lowest BCUT2D eigenvalue weighted by molar-refractivity contribution is 0.103. The van der Waals surface area contributed by atoms with E-state index in [1.165, 1.54) is 0 Å². The molecule has 0 atom stereocenters. The van der Waals surface area contributed by atoms with E-state index in [0.717, 1.165) is 36.2 Å². The number of benzene rings is 1. The van der Waals surface area contributed by atoms with Gasteiger partial charge in [-0.05, 0) is 37.0 Å². The Kier molecular flexibility index (Phi) is 2.58. The minimum absolute atomic E-state index is 0.0653. The first-order valence-electron chi connectivity index (χ1n) is 5.26. The molecule has 0 fully saturated rings. The smallest absolute Gasteiger partial charge is 0.188 e. The van der Waals surface area contributed by atoms with E-state index in [2.05, 4.69) is 11.9 Å². The zero-order valence-electron chi connectivity index (χ0n) is 8.97. The summed E-state index contributed by atoms with van der Waals surface area (Å²) in [6, 6.07) is 5.85. The molecule has 0 bridgehead atoms. The van der Waals surface area contributed by atoms with E-state index in [1.54, 1.807) is 6.92 Å². The molecule has 15 heavy (non-hydrogen) atoms. The summed E-state index contributed by atoms with van der Waals surface area (Å²) in [6.45, 7) is 6.47. The molecular weight excluding hydrogens is 186 g/mol. The van der Waals surface area contributed by atoms with Gasteiger partial charge in [-0.15, -0.1) is 0 Å². The first kappa shape index (κ1) is 9.97. The minimum atomic E-state index is 0.0653. The maximum absolute atomic E-state index is 11.9. The molecule has 2 nitrogen and oxygen atoms in total. The van der Waals surface area contributed by atoms with E-state index in [1.807, 2.05) is 18.2 Å². The summed E-state index contributed by atoms with van der Waals surface area (Å²) in [5, 5.41) is 3.31. The quantitative estimate of drug-likeness (QED) is 0.589. The predicted molar refractivity (Wildman–Crippen MR) is 62.4 cm³/mol. The molecule has 1 aliphatic rings. The van der Waals surface area contributed by atoms with Crippen LogP contribution < -0.4 is 5.32 Å². The number of anilines is 1. The summed E-state index contributed by atoms with van der Waals surface area (Å²) >= 11 is 0. The van der Waals surface area contributed by atoms with Crippen LogP contribution in [0.1, 0.15) is 29.3 Å². The van der Waals surface area contributed by atoms with Crippen LogP contribution in [0.2, 0.25) is 0 Å². The molecule has 2 rings (SSSR count). The molecule has 0 saturated heterocycles. The fourth-order valence-electron chi connectivity index (χ4n) is 1.95. The molecule has 1 heterocycles. The first-order chi connectivity index (χ1) is 7.20. The van der Waals surface area contributed by atoms with Gasteiger partial charge in [0.05, 0.1) is 0 Å². The van der Waals surface area contributed by atoms with Gasteiger partial charge in [-0.25, -0.2) is 0 Å². The lowest BCUT2D eigenvalue weighted by atomic mass is 9.93.